The van der Waals surface area contributed by atoms with E-state index >= 15 is 0 Å². The monoisotopic (exact) mass is 389 g/mol. The summed E-state index contributed by atoms with van der Waals surface area (Å²) in [5.74, 6) is -0.125. The van der Waals surface area contributed by atoms with Gasteiger partial charge in [-0.2, -0.15) is 0 Å². The summed E-state index contributed by atoms with van der Waals surface area (Å²) >= 11 is 0. The number of anilines is 1. The molecule has 0 unspecified atom stereocenters. The number of hydrogen-bond acceptors (Lipinski definition) is 4. The molecule has 0 saturated heterocycles. The van der Waals surface area contributed by atoms with E-state index in [1.54, 1.807) is 48.7 Å². The zero-order chi connectivity index (χ0) is 20.6. The second kappa shape index (κ2) is 9.41. The van der Waals surface area contributed by atoms with E-state index in [0.29, 0.717) is 11.3 Å². The highest BCUT2D eigenvalue weighted by Gasteiger charge is 2.15. The van der Waals surface area contributed by atoms with Crippen molar-refractivity contribution in [1.29, 1.82) is 0 Å². The largest absolute Gasteiger partial charge is 0.467 e. The van der Waals surface area contributed by atoms with Crippen molar-refractivity contribution in [3.63, 3.8) is 0 Å². The van der Waals surface area contributed by atoms with Crippen LogP contribution in [-0.4, -0.2) is 25.9 Å². The van der Waals surface area contributed by atoms with Gasteiger partial charge in [0.05, 0.1) is 12.8 Å². The second-order valence-corrected chi connectivity index (χ2v) is 6.63. The zero-order valence-corrected chi connectivity index (χ0v) is 16.4. The maximum atomic E-state index is 12.7. The van der Waals surface area contributed by atoms with Crippen molar-refractivity contribution < 1.29 is 14.0 Å². The van der Waals surface area contributed by atoms with Crippen LogP contribution in [0.1, 0.15) is 21.7 Å². The van der Waals surface area contributed by atoms with Crippen LogP contribution in [0.25, 0.3) is 6.08 Å². The highest BCUT2D eigenvalue weighted by molar-refractivity contribution is 6.05. The van der Waals surface area contributed by atoms with Crippen molar-refractivity contribution in [2.75, 3.05) is 19.0 Å². The average Bonchev–Trinajstić information content (AvgIpc) is 3.26. The van der Waals surface area contributed by atoms with Gasteiger partial charge in [0.15, 0.2) is 0 Å². The standard InChI is InChI=1S/C23H23N3O3/c1-26(2)19-12-10-17(11-13-19)15-21(23(28)24-16-20-9-6-14-29-20)25-22(27)18-7-4-3-5-8-18/h3-15H,16H2,1-2H3,(H,24,28)(H,25,27)/b21-15-. The van der Waals surface area contributed by atoms with E-state index in [-0.39, 0.29) is 18.1 Å². The van der Waals surface area contributed by atoms with Crippen molar-refractivity contribution in [1.82, 2.24) is 10.6 Å². The van der Waals surface area contributed by atoms with Gasteiger partial charge in [0.1, 0.15) is 11.5 Å². The third-order valence-corrected chi connectivity index (χ3v) is 4.25. The zero-order valence-electron chi connectivity index (χ0n) is 16.4. The lowest BCUT2D eigenvalue weighted by Gasteiger charge is -2.13. The van der Waals surface area contributed by atoms with E-state index in [0.717, 1.165) is 11.3 Å². The third kappa shape index (κ3) is 5.59. The highest BCUT2D eigenvalue weighted by atomic mass is 16.3. The minimum atomic E-state index is -0.401. The molecule has 29 heavy (non-hydrogen) atoms. The van der Waals surface area contributed by atoms with Gasteiger partial charge in [-0.3, -0.25) is 9.59 Å². The van der Waals surface area contributed by atoms with Crippen molar-refractivity contribution in [2.24, 2.45) is 0 Å². The Bertz CT molecular complexity index is 976. The molecule has 2 amide bonds. The average molecular weight is 389 g/mol. The molecule has 6 heteroatoms. The van der Waals surface area contributed by atoms with Gasteiger partial charge in [0, 0.05) is 25.3 Å². The van der Waals surface area contributed by atoms with Gasteiger partial charge in [0.25, 0.3) is 11.8 Å². The van der Waals surface area contributed by atoms with Crippen LogP contribution in [0.5, 0.6) is 0 Å². The maximum Gasteiger partial charge on any atom is 0.268 e. The molecule has 3 aromatic rings. The van der Waals surface area contributed by atoms with Crippen LogP contribution in [-0.2, 0) is 11.3 Å². The Kier molecular flexibility index (Phi) is 6.47. The Labute approximate surface area is 169 Å². The van der Waals surface area contributed by atoms with Gasteiger partial charge in [-0.25, -0.2) is 0 Å². The van der Waals surface area contributed by atoms with E-state index < -0.39 is 5.91 Å². The number of nitrogens with zero attached hydrogens (tertiary/aromatic N) is 1. The number of carbonyl (C=O) groups is 2. The second-order valence-electron chi connectivity index (χ2n) is 6.63. The van der Waals surface area contributed by atoms with Crippen LogP contribution in [0.3, 0.4) is 0 Å². The van der Waals surface area contributed by atoms with Crippen LogP contribution in [0, 0.1) is 0 Å². The van der Waals surface area contributed by atoms with Crippen LogP contribution in [0.4, 0.5) is 5.69 Å². The number of hydrogen-bond donors (Lipinski definition) is 2. The first kappa shape index (κ1) is 19.9. The third-order valence-electron chi connectivity index (χ3n) is 4.25. The number of nitrogens with one attached hydrogen (secondary N) is 2. The molecule has 2 N–H and O–H groups in total. The van der Waals surface area contributed by atoms with E-state index in [2.05, 4.69) is 10.6 Å². The Morgan fingerprint density at radius 2 is 1.69 bits per heavy atom. The van der Waals surface area contributed by atoms with Crippen molar-refractivity contribution in [3.8, 4) is 0 Å². The van der Waals surface area contributed by atoms with Crippen molar-refractivity contribution >= 4 is 23.6 Å². The van der Waals surface area contributed by atoms with E-state index in [9.17, 15) is 9.59 Å². The number of rotatable bonds is 7. The van der Waals surface area contributed by atoms with Gasteiger partial charge in [-0.05, 0) is 48.0 Å². The molecule has 0 radical (unpaired) electrons. The first-order valence-corrected chi connectivity index (χ1v) is 9.19. The van der Waals surface area contributed by atoms with Crippen molar-refractivity contribution in [2.45, 2.75) is 6.54 Å². The maximum absolute atomic E-state index is 12.7. The molecule has 2 aromatic carbocycles. The first-order valence-electron chi connectivity index (χ1n) is 9.19. The molecule has 0 fully saturated rings. The molecular formula is C23H23N3O3. The van der Waals surface area contributed by atoms with Gasteiger partial charge >= 0.3 is 0 Å². The molecule has 1 heterocycles. The minimum absolute atomic E-state index is 0.156. The summed E-state index contributed by atoms with van der Waals surface area (Å²) < 4.78 is 5.24. The van der Waals surface area contributed by atoms with E-state index in [1.165, 1.54) is 0 Å². The number of amides is 2. The molecular weight excluding hydrogens is 366 g/mol. The van der Waals surface area contributed by atoms with Crippen LogP contribution in [0.2, 0.25) is 0 Å². The molecule has 0 aliphatic heterocycles. The molecule has 6 nitrogen and oxygen atoms in total. The Morgan fingerprint density at radius 3 is 2.31 bits per heavy atom. The van der Waals surface area contributed by atoms with E-state index in [4.69, 9.17) is 4.42 Å². The lowest BCUT2D eigenvalue weighted by molar-refractivity contribution is -0.118. The van der Waals surface area contributed by atoms with Gasteiger partial charge in [-0.1, -0.05) is 30.3 Å². The summed E-state index contributed by atoms with van der Waals surface area (Å²) in [5, 5.41) is 5.49. The summed E-state index contributed by atoms with van der Waals surface area (Å²) in [6.45, 7) is 0.226. The van der Waals surface area contributed by atoms with Crippen LogP contribution >= 0.6 is 0 Å². The van der Waals surface area contributed by atoms with Crippen molar-refractivity contribution in [3.05, 3.63) is 95.6 Å². The molecule has 0 aliphatic carbocycles. The quantitative estimate of drug-likeness (QED) is 0.607. The fraction of sp³-hybridized carbons (Fsp3) is 0.130. The molecule has 0 aliphatic rings. The molecule has 148 valence electrons. The SMILES string of the molecule is CN(C)c1ccc(/C=C(\NC(=O)c2ccccc2)C(=O)NCc2ccco2)cc1. The smallest absolute Gasteiger partial charge is 0.268 e. The predicted molar refractivity (Wildman–Crippen MR) is 113 cm³/mol. The first-order chi connectivity index (χ1) is 14.0. The number of furan rings is 1. The van der Waals surface area contributed by atoms with Crippen LogP contribution in [0.15, 0.2) is 83.1 Å². The normalized spacial score (nSPS) is 11.0. The summed E-state index contributed by atoms with van der Waals surface area (Å²) in [6, 6.07) is 20.0. The fourth-order valence-electron chi connectivity index (χ4n) is 2.65. The number of carbonyl (C=O) groups excluding carboxylic acids is 2. The van der Waals surface area contributed by atoms with Gasteiger partial charge < -0.3 is 20.0 Å². The van der Waals surface area contributed by atoms with Crippen LogP contribution < -0.4 is 15.5 Å². The van der Waals surface area contributed by atoms with Gasteiger partial charge in [0.2, 0.25) is 0 Å². The summed E-state index contributed by atoms with van der Waals surface area (Å²) in [4.78, 5) is 27.3. The van der Waals surface area contributed by atoms with E-state index in [1.807, 2.05) is 49.3 Å². The lowest BCUT2D eigenvalue weighted by atomic mass is 10.1. The Balaban J connectivity index is 1.81. The highest BCUT2D eigenvalue weighted by Crippen LogP contribution is 2.15. The minimum Gasteiger partial charge on any atom is -0.467 e. The molecule has 0 bridgehead atoms. The Hall–Kier alpha value is -3.80. The molecule has 1 aromatic heterocycles. The molecule has 3 rings (SSSR count). The molecule has 0 saturated carbocycles. The summed E-state index contributed by atoms with van der Waals surface area (Å²) in [7, 11) is 3.91. The molecule has 0 spiro atoms. The van der Waals surface area contributed by atoms with Gasteiger partial charge in [-0.15, -0.1) is 0 Å². The predicted octanol–water partition coefficient (Wildman–Crippen LogP) is 3.43. The summed E-state index contributed by atoms with van der Waals surface area (Å²) in [5.41, 5.74) is 2.47. The number of benzene rings is 2. The molecule has 0 atom stereocenters. The lowest BCUT2D eigenvalue weighted by Crippen LogP contribution is -2.34. The Morgan fingerprint density at radius 1 is 0.966 bits per heavy atom. The fourth-order valence-corrected chi connectivity index (χ4v) is 2.65. The topological polar surface area (TPSA) is 74.6 Å². The summed E-state index contributed by atoms with van der Waals surface area (Å²) in [6.07, 6.45) is 3.19.